The van der Waals surface area contributed by atoms with Crippen LogP contribution in [-0.2, 0) is 16.8 Å². The number of aryl methyl sites for hydroxylation is 1. The molecular formula is C22H26N2O. The quantitative estimate of drug-likeness (QED) is 0.815. The van der Waals surface area contributed by atoms with Gasteiger partial charge in [-0.05, 0) is 43.4 Å². The number of benzene rings is 1. The lowest BCUT2D eigenvalue weighted by Gasteiger charge is -2.61. The number of hydrogen-bond donors (Lipinski definition) is 0. The summed E-state index contributed by atoms with van der Waals surface area (Å²) in [4.78, 5) is 19.5. The van der Waals surface area contributed by atoms with Gasteiger partial charge in [0.05, 0.1) is 5.54 Å². The van der Waals surface area contributed by atoms with Crippen molar-refractivity contribution in [2.45, 2.75) is 50.5 Å². The van der Waals surface area contributed by atoms with Crippen molar-refractivity contribution in [3.8, 4) is 0 Å². The molecule has 2 fully saturated rings. The number of likely N-dealkylation sites (tertiary alicyclic amines) is 1. The Balaban J connectivity index is 1.45. The molecule has 25 heavy (non-hydrogen) atoms. The van der Waals surface area contributed by atoms with Crippen molar-refractivity contribution in [2.24, 2.45) is 5.92 Å². The van der Waals surface area contributed by atoms with Crippen molar-refractivity contribution in [1.29, 1.82) is 0 Å². The Morgan fingerprint density at radius 2 is 1.96 bits per heavy atom. The predicted molar refractivity (Wildman–Crippen MR) is 99.0 cm³/mol. The molecule has 3 heteroatoms. The number of hydrogen-bond acceptors (Lipinski definition) is 2. The average Bonchev–Trinajstić information content (AvgIpc) is 2.64. The van der Waals surface area contributed by atoms with E-state index in [1.54, 1.807) is 0 Å². The third-order valence-corrected chi connectivity index (χ3v) is 6.04. The number of carbonyl (C=O) groups is 1. The van der Waals surface area contributed by atoms with Crippen molar-refractivity contribution in [3.63, 3.8) is 0 Å². The molecular weight excluding hydrogens is 308 g/mol. The van der Waals surface area contributed by atoms with E-state index in [1.165, 1.54) is 24.8 Å². The van der Waals surface area contributed by atoms with E-state index in [2.05, 4.69) is 40.2 Å². The number of pyridine rings is 1. The van der Waals surface area contributed by atoms with Crippen molar-refractivity contribution >= 4 is 5.91 Å². The van der Waals surface area contributed by atoms with E-state index in [0.29, 0.717) is 18.2 Å². The number of aromatic nitrogens is 1. The number of fused-ring (bicyclic) bond motifs is 1. The first-order valence-electron chi connectivity index (χ1n) is 9.56. The molecule has 0 radical (unpaired) electrons. The molecule has 1 aliphatic carbocycles. The van der Waals surface area contributed by atoms with Crippen molar-refractivity contribution in [1.82, 2.24) is 9.88 Å². The van der Waals surface area contributed by atoms with Gasteiger partial charge in [-0.1, -0.05) is 49.2 Å². The summed E-state index contributed by atoms with van der Waals surface area (Å²) in [6, 6.07) is 16.7. The fourth-order valence-electron chi connectivity index (χ4n) is 4.79. The summed E-state index contributed by atoms with van der Waals surface area (Å²) in [6.45, 7) is 0.942. The van der Waals surface area contributed by atoms with Gasteiger partial charge in [-0.3, -0.25) is 9.78 Å². The first kappa shape index (κ1) is 16.3. The second-order valence-electron chi connectivity index (χ2n) is 7.41. The molecule has 2 heterocycles. The fraction of sp³-hybridized carbons (Fsp3) is 0.455. The van der Waals surface area contributed by atoms with Gasteiger partial charge < -0.3 is 4.90 Å². The predicted octanol–water partition coefficient (Wildman–Crippen LogP) is 4.33. The number of amides is 1. The van der Waals surface area contributed by atoms with E-state index in [-0.39, 0.29) is 5.54 Å². The Morgan fingerprint density at radius 3 is 2.72 bits per heavy atom. The molecule has 1 aromatic heterocycles. The van der Waals surface area contributed by atoms with E-state index >= 15 is 0 Å². The molecule has 4 rings (SSSR count). The summed E-state index contributed by atoms with van der Waals surface area (Å²) < 4.78 is 0. The normalized spacial score (nSPS) is 25.1. The largest absolute Gasteiger partial charge is 0.332 e. The summed E-state index contributed by atoms with van der Waals surface area (Å²) in [7, 11) is 0. The van der Waals surface area contributed by atoms with Gasteiger partial charge >= 0.3 is 0 Å². The van der Waals surface area contributed by atoms with Crippen molar-refractivity contribution in [3.05, 3.63) is 66.0 Å². The first-order valence-corrected chi connectivity index (χ1v) is 9.56. The van der Waals surface area contributed by atoms with Gasteiger partial charge in [0.2, 0.25) is 5.91 Å². The molecule has 1 aliphatic heterocycles. The van der Waals surface area contributed by atoms with Gasteiger partial charge in [-0.15, -0.1) is 0 Å². The molecule has 0 unspecified atom stereocenters. The monoisotopic (exact) mass is 334 g/mol. The minimum absolute atomic E-state index is 0.0262. The van der Waals surface area contributed by atoms with Crippen LogP contribution in [0.4, 0.5) is 0 Å². The zero-order chi connectivity index (χ0) is 17.1. The number of carbonyl (C=O) groups excluding carboxylic acids is 1. The Hall–Kier alpha value is -2.16. The maximum atomic E-state index is 13.0. The summed E-state index contributed by atoms with van der Waals surface area (Å²) >= 11 is 0. The molecule has 1 saturated carbocycles. The molecule has 3 nitrogen and oxygen atoms in total. The van der Waals surface area contributed by atoms with Gasteiger partial charge in [-0.2, -0.15) is 0 Å². The lowest BCUT2D eigenvalue weighted by atomic mass is 9.61. The molecule has 130 valence electrons. The van der Waals surface area contributed by atoms with Gasteiger partial charge in [0, 0.05) is 30.8 Å². The van der Waals surface area contributed by atoms with E-state index in [1.807, 2.05) is 24.4 Å². The number of rotatable bonds is 5. The highest BCUT2D eigenvalue weighted by atomic mass is 16.2. The van der Waals surface area contributed by atoms with Gasteiger partial charge in [-0.25, -0.2) is 0 Å². The van der Waals surface area contributed by atoms with Crippen LogP contribution >= 0.6 is 0 Å². The van der Waals surface area contributed by atoms with Gasteiger partial charge in [0.1, 0.15) is 0 Å². The van der Waals surface area contributed by atoms with E-state index < -0.39 is 0 Å². The minimum atomic E-state index is -0.0262. The zero-order valence-corrected chi connectivity index (χ0v) is 14.7. The summed E-state index contributed by atoms with van der Waals surface area (Å²) in [5, 5.41) is 0. The van der Waals surface area contributed by atoms with Crippen LogP contribution in [0.2, 0.25) is 0 Å². The van der Waals surface area contributed by atoms with E-state index in [0.717, 1.165) is 31.5 Å². The van der Waals surface area contributed by atoms with Crippen LogP contribution in [0.25, 0.3) is 0 Å². The number of nitrogens with zero attached hydrogens (tertiary/aromatic N) is 2. The molecule has 2 aliphatic rings. The van der Waals surface area contributed by atoms with E-state index in [9.17, 15) is 4.79 Å². The highest BCUT2D eigenvalue weighted by Gasteiger charge is 2.56. The van der Waals surface area contributed by atoms with Crippen LogP contribution < -0.4 is 0 Å². The topological polar surface area (TPSA) is 33.2 Å². The van der Waals surface area contributed by atoms with Gasteiger partial charge in [0.15, 0.2) is 0 Å². The lowest BCUT2D eigenvalue weighted by Crippen LogP contribution is -2.67. The fourth-order valence-corrected chi connectivity index (χ4v) is 4.79. The molecule has 0 bridgehead atoms. The maximum Gasteiger partial charge on any atom is 0.223 e. The Kier molecular flexibility index (Phi) is 4.56. The standard InChI is InChI=1S/C22H26N2O/c25-21(14-8-13-20-12-5-7-16-23-20)24-17-19-11-4-6-15-22(19,24)18-9-2-1-3-10-18/h1-3,5,7,9-10,12,16,19H,4,6,8,11,13-15,17H2/t19-,22+/m0/s1. The maximum absolute atomic E-state index is 13.0. The molecule has 2 aromatic rings. The zero-order valence-electron chi connectivity index (χ0n) is 14.7. The lowest BCUT2D eigenvalue weighted by molar-refractivity contribution is -0.166. The van der Waals surface area contributed by atoms with Crippen LogP contribution in [0.15, 0.2) is 54.7 Å². The Bertz CT molecular complexity index is 715. The minimum Gasteiger partial charge on any atom is -0.332 e. The first-order chi connectivity index (χ1) is 12.3. The van der Waals surface area contributed by atoms with Crippen LogP contribution in [-0.4, -0.2) is 22.3 Å². The van der Waals surface area contributed by atoms with Crippen molar-refractivity contribution < 1.29 is 4.79 Å². The van der Waals surface area contributed by atoms with Crippen LogP contribution in [0.5, 0.6) is 0 Å². The molecule has 1 aromatic carbocycles. The summed E-state index contributed by atoms with van der Waals surface area (Å²) in [6.07, 6.45) is 9.11. The molecule has 2 atom stereocenters. The smallest absolute Gasteiger partial charge is 0.223 e. The highest BCUT2D eigenvalue weighted by Crippen LogP contribution is 2.53. The highest BCUT2D eigenvalue weighted by molar-refractivity contribution is 5.78. The third-order valence-electron chi connectivity index (χ3n) is 6.04. The summed E-state index contributed by atoms with van der Waals surface area (Å²) in [5.74, 6) is 0.960. The van der Waals surface area contributed by atoms with Crippen molar-refractivity contribution in [2.75, 3.05) is 6.54 Å². The molecule has 0 N–H and O–H groups in total. The summed E-state index contributed by atoms with van der Waals surface area (Å²) in [5.41, 5.74) is 2.39. The average molecular weight is 334 g/mol. The Morgan fingerprint density at radius 1 is 1.12 bits per heavy atom. The van der Waals surface area contributed by atoms with Crippen LogP contribution in [0.1, 0.15) is 49.8 Å². The molecule has 1 saturated heterocycles. The van der Waals surface area contributed by atoms with E-state index in [4.69, 9.17) is 0 Å². The molecule has 0 spiro atoms. The van der Waals surface area contributed by atoms with Crippen LogP contribution in [0, 0.1) is 5.92 Å². The molecule has 1 amide bonds. The Labute approximate surface area is 150 Å². The van der Waals surface area contributed by atoms with Crippen LogP contribution in [0.3, 0.4) is 0 Å². The third kappa shape index (κ3) is 2.97. The second-order valence-corrected chi connectivity index (χ2v) is 7.41. The van der Waals surface area contributed by atoms with Gasteiger partial charge in [0.25, 0.3) is 0 Å². The second kappa shape index (κ2) is 6.99. The SMILES string of the molecule is O=C(CCCc1ccccn1)N1C[C@@H]2CCCC[C@@]21c1ccccc1.